The molecule has 0 saturated carbocycles. The van der Waals surface area contributed by atoms with Gasteiger partial charge in [-0.05, 0) is 12.8 Å². The summed E-state index contributed by atoms with van der Waals surface area (Å²) in [6.07, 6.45) is 1.97. The Kier molecular flexibility index (Phi) is 24.2. The number of carbonyl (C=O) groups excluding carboxylic acids is 1. The first kappa shape index (κ1) is 17.4. The van der Waals surface area contributed by atoms with E-state index in [9.17, 15) is 4.79 Å². The minimum Gasteiger partial charge on any atom is -0.300 e. The molecule has 0 bridgehead atoms. The third kappa shape index (κ3) is 59.3. The Bertz CT molecular complexity index is 92.5. The van der Waals surface area contributed by atoms with E-state index in [1.54, 1.807) is 6.92 Å². The zero-order valence-electron chi connectivity index (χ0n) is 8.90. The van der Waals surface area contributed by atoms with E-state index < -0.39 is 0 Å². The van der Waals surface area contributed by atoms with E-state index in [-0.39, 0.29) is 5.78 Å². The van der Waals surface area contributed by atoms with E-state index in [0.29, 0.717) is 6.42 Å². The van der Waals surface area contributed by atoms with Gasteiger partial charge in [-0.15, -0.1) is 0 Å². The van der Waals surface area contributed by atoms with Gasteiger partial charge in [0.2, 0.25) is 0 Å². The summed E-state index contributed by atoms with van der Waals surface area (Å²) < 4.78 is 0. The van der Waals surface area contributed by atoms with Crippen LogP contribution in [0.15, 0.2) is 0 Å². The van der Waals surface area contributed by atoms with E-state index in [0.717, 1.165) is 5.92 Å². The summed E-state index contributed by atoms with van der Waals surface area (Å²) in [7, 11) is 0. The van der Waals surface area contributed by atoms with Crippen LogP contribution < -0.4 is 0 Å². The number of rotatable bonds is 2. The van der Waals surface area contributed by atoms with Crippen LogP contribution in [0.25, 0.3) is 0 Å². The molecule has 74 valence electrons. The molecule has 0 rings (SSSR count). The van der Waals surface area contributed by atoms with Gasteiger partial charge < -0.3 is 4.79 Å². The first-order valence-corrected chi connectivity index (χ1v) is 4.28. The lowest BCUT2D eigenvalue weighted by Crippen LogP contribution is -1.80. The van der Waals surface area contributed by atoms with Crippen molar-refractivity contribution in [3.8, 4) is 0 Å². The molecule has 0 radical (unpaired) electrons. The highest BCUT2D eigenvalue weighted by atomic mass is 16.1. The number of carbonyl (C=O) groups is 1. The van der Waals surface area contributed by atoms with Crippen molar-refractivity contribution < 1.29 is 4.79 Å². The first-order chi connectivity index (χ1) is 5.54. The van der Waals surface area contributed by atoms with Crippen LogP contribution in [-0.4, -0.2) is 5.78 Å². The Labute approximate surface area is 75.9 Å². The van der Waals surface area contributed by atoms with Crippen LogP contribution in [0.5, 0.6) is 0 Å². The maximum Gasteiger partial charge on any atom is 0.129 e. The van der Waals surface area contributed by atoms with Crippen LogP contribution in [0.1, 0.15) is 47.5 Å². The molecule has 0 saturated heterocycles. The molecular weight excluding hydrogens is 152 g/mol. The van der Waals surface area contributed by atoms with Crippen molar-refractivity contribution in [2.75, 3.05) is 0 Å². The molecule has 0 aliphatic carbocycles. The van der Waals surface area contributed by atoms with Crippen LogP contribution in [0, 0.1) is 17.0 Å². The summed E-state index contributed by atoms with van der Waals surface area (Å²) in [5, 5.41) is 0. The van der Waals surface area contributed by atoms with Gasteiger partial charge in [0.15, 0.2) is 0 Å². The molecule has 0 unspecified atom stereocenters. The normalized spacial score (nSPS) is 7.50. The Hall–Kier alpha value is -0.730. The molecule has 0 aromatic heterocycles. The molecule has 12 heavy (non-hydrogen) atoms. The molecule has 0 aliphatic rings. The largest absolute Gasteiger partial charge is 0.300 e. The lowest BCUT2D eigenvalue weighted by Gasteiger charge is -1.90. The second kappa shape index (κ2) is 16.7. The Morgan fingerprint density at radius 2 is 1.42 bits per heavy atom. The number of nitrogens with one attached hydrogen (secondary N) is 2. The summed E-state index contributed by atoms with van der Waals surface area (Å²) in [4.78, 5) is 9.81. The van der Waals surface area contributed by atoms with Gasteiger partial charge in [0.25, 0.3) is 0 Å². The predicted octanol–water partition coefficient (Wildman–Crippen LogP) is 3.63. The van der Waals surface area contributed by atoms with Crippen molar-refractivity contribution in [3.63, 3.8) is 0 Å². The molecule has 0 aromatic carbocycles. The van der Waals surface area contributed by atoms with E-state index >= 15 is 0 Å². The van der Waals surface area contributed by atoms with Gasteiger partial charge in [-0.2, -0.15) is 0 Å². The zero-order valence-corrected chi connectivity index (χ0v) is 8.90. The fourth-order valence-corrected chi connectivity index (χ4v) is 0. The molecular formula is C9H22N2O. The summed E-state index contributed by atoms with van der Waals surface area (Å²) >= 11 is 0. The van der Waals surface area contributed by atoms with Crippen LogP contribution in [0.2, 0.25) is 0 Å². The third-order valence-corrected chi connectivity index (χ3v) is 1.31. The van der Waals surface area contributed by atoms with E-state index in [1.807, 2.05) is 6.92 Å². The Morgan fingerprint density at radius 3 is 1.42 bits per heavy atom. The summed E-state index contributed by atoms with van der Waals surface area (Å²) in [5.74, 6) is 1.14. The van der Waals surface area contributed by atoms with Gasteiger partial charge in [-0.3, -0.25) is 0 Å². The fraction of sp³-hybridized carbons (Fsp3) is 0.889. The molecule has 0 atom stereocenters. The minimum atomic E-state index is 0.255. The van der Waals surface area contributed by atoms with Gasteiger partial charge in [0.1, 0.15) is 5.78 Å². The summed E-state index contributed by atoms with van der Waals surface area (Å²) in [6, 6.07) is 0. The van der Waals surface area contributed by atoms with E-state index in [4.69, 9.17) is 11.1 Å². The van der Waals surface area contributed by atoms with Crippen LogP contribution in [-0.2, 0) is 4.79 Å². The zero-order chi connectivity index (χ0) is 10.6. The van der Waals surface area contributed by atoms with Crippen LogP contribution in [0.3, 0.4) is 0 Å². The van der Waals surface area contributed by atoms with Gasteiger partial charge in [-0.25, -0.2) is 11.1 Å². The standard InChI is InChI=1S/C5H12.C4H8O.H2N2/c1-4-5(2)3;1-3-4(2)5;1-2/h5H,4H2,1-3H3;3H2,1-2H3;1-2H. The molecule has 3 heteroatoms. The SMILES string of the molecule is CCC(C)=O.CCC(C)C.N=N. The second-order valence-corrected chi connectivity index (χ2v) is 2.86. The molecule has 0 fully saturated rings. The number of hydrogen-bond donors (Lipinski definition) is 2. The molecule has 0 amide bonds. The molecule has 0 heterocycles. The molecule has 3 nitrogen and oxygen atoms in total. The lowest BCUT2D eigenvalue weighted by molar-refractivity contribution is -0.116. The Balaban J connectivity index is -0.000000112. The predicted molar refractivity (Wildman–Crippen MR) is 51.5 cm³/mol. The fourth-order valence-electron chi connectivity index (χ4n) is 0. The van der Waals surface area contributed by atoms with Crippen molar-refractivity contribution in [2.45, 2.75) is 47.5 Å². The average molecular weight is 174 g/mol. The summed E-state index contributed by atoms with van der Waals surface area (Å²) in [6.45, 7) is 10.1. The molecule has 0 aromatic rings. The van der Waals surface area contributed by atoms with Crippen LogP contribution >= 0.6 is 0 Å². The average Bonchev–Trinajstić information content (AvgIpc) is 2.09. The maximum atomic E-state index is 9.81. The highest BCUT2D eigenvalue weighted by molar-refractivity contribution is 5.74. The molecule has 0 aliphatic heterocycles. The van der Waals surface area contributed by atoms with Gasteiger partial charge in [0, 0.05) is 6.42 Å². The topological polar surface area (TPSA) is 64.8 Å². The van der Waals surface area contributed by atoms with E-state index in [1.165, 1.54) is 6.42 Å². The quantitative estimate of drug-likeness (QED) is 0.617. The summed E-state index contributed by atoms with van der Waals surface area (Å²) in [5.41, 5.74) is 10.0. The number of Topliss-reactive ketones (excluding diaryl/α,β-unsaturated/α-hetero) is 1. The minimum absolute atomic E-state index is 0.255. The monoisotopic (exact) mass is 174 g/mol. The molecule has 2 N–H and O–H groups in total. The highest BCUT2D eigenvalue weighted by Gasteiger charge is 1.80. The highest BCUT2D eigenvalue weighted by Crippen LogP contribution is 1.93. The van der Waals surface area contributed by atoms with Crippen molar-refractivity contribution in [1.82, 2.24) is 0 Å². The van der Waals surface area contributed by atoms with Crippen molar-refractivity contribution in [2.24, 2.45) is 5.92 Å². The van der Waals surface area contributed by atoms with Gasteiger partial charge in [0.05, 0.1) is 0 Å². The number of ketones is 1. The smallest absolute Gasteiger partial charge is 0.129 e. The molecule has 0 spiro atoms. The van der Waals surface area contributed by atoms with Crippen molar-refractivity contribution >= 4 is 5.78 Å². The first-order valence-electron chi connectivity index (χ1n) is 4.28. The van der Waals surface area contributed by atoms with E-state index in [2.05, 4.69) is 20.8 Å². The van der Waals surface area contributed by atoms with Gasteiger partial charge in [-0.1, -0.05) is 34.1 Å². The third-order valence-electron chi connectivity index (χ3n) is 1.31. The lowest BCUT2D eigenvalue weighted by atomic mass is 10.2. The van der Waals surface area contributed by atoms with Crippen LogP contribution in [0.4, 0.5) is 0 Å². The van der Waals surface area contributed by atoms with Crippen molar-refractivity contribution in [1.29, 1.82) is 11.1 Å². The second-order valence-electron chi connectivity index (χ2n) is 2.86. The maximum absolute atomic E-state index is 9.81. The Morgan fingerprint density at radius 1 is 1.25 bits per heavy atom. The number of hydrogen-bond acceptors (Lipinski definition) is 3. The van der Waals surface area contributed by atoms with Crippen molar-refractivity contribution in [3.05, 3.63) is 0 Å². The van der Waals surface area contributed by atoms with Gasteiger partial charge >= 0.3 is 0 Å².